The van der Waals surface area contributed by atoms with Gasteiger partial charge in [0.25, 0.3) is 0 Å². The second-order valence-electron chi connectivity index (χ2n) is 6.18. The number of halogens is 1. The first kappa shape index (κ1) is 20.8. The Labute approximate surface area is 167 Å². The molecule has 3 aromatic carbocycles. The Balaban J connectivity index is 0.00000261. The molecule has 0 saturated heterocycles. The summed E-state index contributed by atoms with van der Waals surface area (Å²) in [5.41, 5.74) is 5.02. The van der Waals surface area contributed by atoms with Crippen LogP contribution in [0, 0.1) is 0 Å². The normalized spacial score (nSPS) is 10.1. The Hall–Kier alpha value is -2.49. The van der Waals surface area contributed by atoms with Gasteiger partial charge in [-0.05, 0) is 47.4 Å². The molecule has 27 heavy (non-hydrogen) atoms. The zero-order valence-corrected chi connectivity index (χ0v) is 16.6. The molecule has 3 nitrogen and oxygen atoms in total. The topological polar surface area (TPSA) is 30.5 Å². The summed E-state index contributed by atoms with van der Waals surface area (Å²) in [6.45, 7) is 1.78. The van der Waals surface area contributed by atoms with Gasteiger partial charge in [0.2, 0.25) is 0 Å². The van der Waals surface area contributed by atoms with Crippen molar-refractivity contribution in [3.63, 3.8) is 0 Å². The van der Waals surface area contributed by atoms with E-state index in [9.17, 15) is 0 Å². The lowest BCUT2D eigenvalue weighted by molar-refractivity contribution is 0.354. The Morgan fingerprint density at radius 3 is 2.00 bits per heavy atom. The molecule has 4 heteroatoms. The van der Waals surface area contributed by atoms with Gasteiger partial charge in [-0.2, -0.15) is 0 Å². The number of nitrogens with one attached hydrogen (secondary N) is 1. The van der Waals surface area contributed by atoms with Gasteiger partial charge in [0, 0.05) is 6.54 Å². The van der Waals surface area contributed by atoms with Crippen LogP contribution in [0.3, 0.4) is 0 Å². The van der Waals surface area contributed by atoms with Gasteiger partial charge in [-0.1, -0.05) is 60.7 Å². The molecule has 0 unspecified atom stereocenters. The zero-order valence-electron chi connectivity index (χ0n) is 15.8. The highest BCUT2D eigenvalue weighted by molar-refractivity contribution is 5.85. The molecule has 0 atom stereocenters. The summed E-state index contributed by atoms with van der Waals surface area (Å²) in [6.07, 6.45) is 0.947. The molecule has 0 spiro atoms. The third kappa shape index (κ3) is 5.75. The van der Waals surface area contributed by atoms with Crippen LogP contribution >= 0.6 is 12.4 Å². The van der Waals surface area contributed by atoms with Gasteiger partial charge in [0.1, 0.15) is 0 Å². The largest absolute Gasteiger partial charge is 0.493 e. The summed E-state index contributed by atoms with van der Waals surface area (Å²) in [5.74, 6) is 1.55. The van der Waals surface area contributed by atoms with E-state index in [1.165, 1.54) is 22.3 Å². The van der Waals surface area contributed by atoms with Crippen molar-refractivity contribution in [1.29, 1.82) is 0 Å². The van der Waals surface area contributed by atoms with E-state index in [0.29, 0.717) is 0 Å². The third-order valence-electron chi connectivity index (χ3n) is 4.43. The first-order valence-corrected chi connectivity index (χ1v) is 8.86. The van der Waals surface area contributed by atoms with Crippen molar-refractivity contribution >= 4 is 12.4 Å². The molecule has 0 aromatic heterocycles. The minimum Gasteiger partial charge on any atom is -0.493 e. The number of benzene rings is 3. The van der Waals surface area contributed by atoms with Gasteiger partial charge in [-0.3, -0.25) is 0 Å². The van der Waals surface area contributed by atoms with Gasteiger partial charge >= 0.3 is 0 Å². The van der Waals surface area contributed by atoms with Gasteiger partial charge in [-0.15, -0.1) is 12.4 Å². The molecule has 0 fully saturated rings. The van der Waals surface area contributed by atoms with Gasteiger partial charge in [0.05, 0.1) is 14.2 Å². The predicted molar refractivity (Wildman–Crippen MR) is 114 cm³/mol. The van der Waals surface area contributed by atoms with E-state index < -0.39 is 0 Å². The zero-order chi connectivity index (χ0) is 18.2. The quantitative estimate of drug-likeness (QED) is 0.547. The second-order valence-corrected chi connectivity index (χ2v) is 6.18. The van der Waals surface area contributed by atoms with E-state index in [4.69, 9.17) is 9.47 Å². The molecule has 0 aliphatic rings. The van der Waals surface area contributed by atoms with Crippen LogP contribution in [-0.4, -0.2) is 20.8 Å². The van der Waals surface area contributed by atoms with E-state index in [-0.39, 0.29) is 12.4 Å². The monoisotopic (exact) mass is 383 g/mol. The van der Waals surface area contributed by atoms with Crippen LogP contribution in [-0.2, 0) is 13.0 Å². The maximum Gasteiger partial charge on any atom is 0.160 e. The minimum absolute atomic E-state index is 0. The molecule has 0 radical (unpaired) electrons. The summed E-state index contributed by atoms with van der Waals surface area (Å²) in [7, 11) is 3.32. The number of methoxy groups -OCH3 is 2. The molecule has 0 saturated carbocycles. The Kier molecular flexibility index (Phi) is 8.18. The number of rotatable bonds is 8. The standard InChI is InChI=1S/C23H25NO2.ClH/c1-25-22-13-10-18(16-23(22)26-2)14-15-24-17-19-8-11-21(12-9-19)20-6-4-3-5-7-20;/h3-13,16,24H,14-15,17H2,1-2H3;1H. The number of hydrogen-bond acceptors (Lipinski definition) is 3. The molecule has 3 aromatic rings. The summed E-state index contributed by atoms with van der Waals surface area (Å²) in [6, 6.07) is 25.3. The first-order valence-electron chi connectivity index (χ1n) is 8.86. The molecule has 1 N–H and O–H groups in total. The lowest BCUT2D eigenvalue weighted by atomic mass is 10.0. The van der Waals surface area contributed by atoms with Gasteiger partial charge in [-0.25, -0.2) is 0 Å². The molecule has 0 amide bonds. The molecular weight excluding hydrogens is 358 g/mol. The van der Waals surface area contributed by atoms with Crippen molar-refractivity contribution in [3.05, 3.63) is 83.9 Å². The van der Waals surface area contributed by atoms with Gasteiger partial charge < -0.3 is 14.8 Å². The van der Waals surface area contributed by atoms with Crippen molar-refractivity contribution in [3.8, 4) is 22.6 Å². The summed E-state index contributed by atoms with van der Waals surface area (Å²) in [5, 5.41) is 3.50. The fraction of sp³-hybridized carbons (Fsp3) is 0.217. The highest BCUT2D eigenvalue weighted by atomic mass is 35.5. The summed E-state index contributed by atoms with van der Waals surface area (Å²) >= 11 is 0. The van der Waals surface area contributed by atoms with Crippen LogP contribution in [0.15, 0.2) is 72.8 Å². The molecular formula is C23H26ClNO2. The Bertz CT molecular complexity index is 820. The van der Waals surface area contributed by atoms with Crippen molar-refractivity contribution in [2.24, 2.45) is 0 Å². The third-order valence-corrected chi connectivity index (χ3v) is 4.43. The lowest BCUT2D eigenvalue weighted by Gasteiger charge is -2.10. The van der Waals surface area contributed by atoms with E-state index in [1.807, 2.05) is 18.2 Å². The molecule has 0 bridgehead atoms. The number of ether oxygens (including phenoxy) is 2. The Morgan fingerprint density at radius 2 is 1.33 bits per heavy atom. The average molecular weight is 384 g/mol. The average Bonchev–Trinajstić information content (AvgIpc) is 2.72. The fourth-order valence-electron chi connectivity index (χ4n) is 2.95. The SMILES string of the molecule is COc1ccc(CCNCc2ccc(-c3ccccc3)cc2)cc1OC.Cl. The van der Waals surface area contributed by atoms with Crippen molar-refractivity contribution in [2.75, 3.05) is 20.8 Å². The van der Waals surface area contributed by atoms with Crippen LogP contribution in [0.4, 0.5) is 0 Å². The van der Waals surface area contributed by atoms with Crippen molar-refractivity contribution in [2.45, 2.75) is 13.0 Å². The van der Waals surface area contributed by atoms with E-state index >= 15 is 0 Å². The highest BCUT2D eigenvalue weighted by Gasteiger charge is 2.04. The van der Waals surface area contributed by atoms with Crippen LogP contribution in [0.5, 0.6) is 11.5 Å². The predicted octanol–water partition coefficient (Wildman–Crippen LogP) is 5.12. The van der Waals surface area contributed by atoms with Crippen LogP contribution < -0.4 is 14.8 Å². The summed E-state index contributed by atoms with van der Waals surface area (Å²) in [4.78, 5) is 0. The Morgan fingerprint density at radius 1 is 0.704 bits per heavy atom. The second kappa shape index (κ2) is 10.6. The van der Waals surface area contributed by atoms with Crippen molar-refractivity contribution < 1.29 is 9.47 Å². The van der Waals surface area contributed by atoms with Crippen LogP contribution in [0.25, 0.3) is 11.1 Å². The number of hydrogen-bond donors (Lipinski definition) is 1. The maximum atomic E-state index is 5.35. The van der Waals surface area contributed by atoms with Crippen molar-refractivity contribution in [1.82, 2.24) is 5.32 Å². The van der Waals surface area contributed by atoms with E-state index in [0.717, 1.165) is 31.0 Å². The van der Waals surface area contributed by atoms with E-state index in [1.54, 1.807) is 14.2 Å². The summed E-state index contributed by atoms with van der Waals surface area (Å²) < 4.78 is 10.6. The maximum absolute atomic E-state index is 5.35. The fourth-order valence-corrected chi connectivity index (χ4v) is 2.95. The molecule has 0 heterocycles. The van der Waals surface area contributed by atoms with Crippen LogP contribution in [0.2, 0.25) is 0 Å². The minimum atomic E-state index is 0. The molecule has 142 valence electrons. The molecule has 0 aliphatic carbocycles. The smallest absolute Gasteiger partial charge is 0.160 e. The first-order chi connectivity index (χ1) is 12.8. The molecule has 3 rings (SSSR count). The molecule has 0 aliphatic heterocycles. The highest BCUT2D eigenvalue weighted by Crippen LogP contribution is 2.27. The van der Waals surface area contributed by atoms with Gasteiger partial charge in [0.15, 0.2) is 11.5 Å². The van der Waals surface area contributed by atoms with E-state index in [2.05, 4.69) is 59.9 Å². The lowest BCUT2D eigenvalue weighted by Crippen LogP contribution is -2.16. The van der Waals surface area contributed by atoms with Crippen LogP contribution in [0.1, 0.15) is 11.1 Å².